The van der Waals surface area contributed by atoms with E-state index in [1.165, 1.54) is 12.1 Å². The zero-order valence-corrected chi connectivity index (χ0v) is 10.3. The fourth-order valence-corrected chi connectivity index (χ4v) is 2.32. The number of halogens is 1. The third-order valence-electron chi connectivity index (χ3n) is 3.25. The Morgan fingerprint density at radius 2 is 2.39 bits per heavy atom. The number of hydrogen-bond acceptors (Lipinski definition) is 3. The van der Waals surface area contributed by atoms with E-state index in [0.717, 1.165) is 19.0 Å². The van der Waals surface area contributed by atoms with E-state index >= 15 is 0 Å². The van der Waals surface area contributed by atoms with Crippen LogP contribution in [0.2, 0.25) is 0 Å². The minimum absolute atomic E-state index is 0.0258. The lowest BCUT2D eigenvalue weighted by molar-refractivity contribution is 0.0782. The summed E-state index contributed by atoms with van der Waals surface area (Å²) in [4.78, 5) is 13.8. The van der Waals surface area contributed by atoms with Gasteiger partial charge >= 0.3 is 0 Å². The first-order chi connectivity index (χ1) is 8.61. The number of hydrogen-bond donors (Lipinski definition) is 2. The van der Waals surface area contributed by atoms with Gasteiger partial charge in [0.2, 0.25) is 0 Å². The summed E-state index contributed by atoms with van der Waals surface area (Å²) in [5, 5.41) is 12.2. The lowest BCUT2D eigenvalue weighted by Crippen LogP contribution is -2.30. The number of nitrogens with zero attached hydrogens (tertiary/aromatic N) is 1. The molecule has 0 spiro atoms. The highest BCUT2D eigenvalue weighted by Gasteiger charge is 2.27. The van der Waals surface area contributed by atoms with Crippen LogP contribution in [-0.4, -0.2) is 42.6 Å². The first-order valence-corrected chi connectivity index (χ1v) is 6.04. The summed E-state index contributed by atoms with van der Waals surface area (Å²) < 4.78 is 13.6. The molecule has 1 amide bonds. The van der Waals surface area contributed by atoms with Gasteiger partial charge in [-0.2, -0.15) is 0 Å². The van der Waals surface area contributed by atoms with Crippen molar-refractivity contribution in [1.82, 2.24) is 10.2 Å². The average molecular weight is 252 g/mol. The molecule has 1 aromatic rings. The van der Waals surface area contributed by atoms with Gasteiger partial charge < -0.3 is 15.3 Å². The van der Waals surface area contributed by atoms with E-state index in [-0.39, 0.29) is 17.2 Å². The van der Waals surface area contributed by atoms with Gasteiger partial charge in [-0.15, -0.1) is 0 Å². The minimum atomic E-state index is -0.669. The van der Waals surface area contributed by atoms with Crippen molar-refractivity contribution in [2.45, 2.75) is 6.42 Å². The second kappa shape index (κ2) is 5.35. The average Bonchev–Trinajstić information content (AvgIpc) is 2.77. The van der Waals surface area contributed by atoms with E-state index in [0.29, 0.717) is 19.0 Å². The molecular weight excluding hydrogens is 235 g/mol. The van der Waals surface area contributed by atoms with E-state index in [9.17, 15) is 9.18 Å². The monoisotopic (exact) mass is 252 g/mol. The molecule has 5 heteroatoms. The van der Waals surface area contributed by atoms with Crippen molar-refractivity contribution >= 4 is 5.91 Å². The van der Waals surface area contributed by atoms with E-state index in [1.54, 1.807) is 4.90 Å². The molecule has 0 saturated carbocycles. The molecule has 1 fully saturated rings. The standard InChI is InChI=1S/C13H17FN2O2/c1-15-7-9-4-5-16(8-9)13(18)11-3-2-10(17)6-12(11)14/h2-3,6,9,15,17H,4-5,7-8H2,1H3. The zero-order chi connectivity index (χ0) is 13.1. The topological polar surface area (TPSA) is 52.6 Å². The van der Waals surface area contributed by atoms with Crippen molar-refractivity contribution in [1.29, 1.82) is 0 Å². The van der Waals surface area contributed by atoms with E-state index in [1.807, 2.05) is 7.05 Å². The van der Waals surface area contributed by atoms with Crippen LogP contribution < -0.4 is 5.32 Å². The van der Waals surface area contributed by atoms with Crippen molar-refractivity contribution < 1.29 is 14.3 Å². The van der Waals surface area contributed by atoms with Crippen LogP contribution in [0.3, 0.4) is 0 Å². The SMILES string of the molecule is CNCC1CCN(C(=O)c2ccc(O)cc2F)C1. The molecule has 2 rings (SSSR count). The molecule has 0 aromatic heterocycles. The number of nitrogens with one attached hydrogen (secondary N) is 1. The van der Waals surface area contributed by atoms with Gasteiger partial charge in [-0.1, -0.05) is 0 Å². The number of benzene rings is 1. The number of amides is 1. The molecule has 1 aliphatic heterocycles. The van der Waals surface area contributed by atoms with Crippen LogP contribution in [-0.2, 0) is 0 Å². The molecule has 98 valence electrons. The number of phenols is 1. The minimum Gasteiger partial charge on any atom is -0.508 e. The van der Waals surface area contributed by atoms with E-state index < -0.39 is 5.82 Å². The maximum atomic E-state index is 13.6. The van der Waals surface area contributed by atoms with Gasteiger partial charge in [0.25, 0.3) is 5.91 Å². The van der Waals surface area contributed by atoms with E-state index in [2.05, 4.69) is 5.32 Å². The molecule has 1 aromatic carbocycles. The highest BCUT2D eigenvalue weighted by atomic mass is 19.1. The molecule has 1 aliphatic rings. The molecule has 1 heterocycles. The van der Waals surface area contributed by atoms with Gasteiger partial charge in [0.1, 0.15) is 11.6 Å². The predicted octanol–water partition coefficient (Wildman–Crippen LogP) is 1.21. The lowest BCUT2D eigenvalue weighted by Gasteiger charge is -2.17. The van der Waals surface area contributed by atoms with E-state index in [4.69, 9.17) is 5.11 Å². The number of likely N-dealkylation sites (tertiary alicyclic amines) is 1. The molecule has 1 saturated heterocycles. The molecule has 4 nitrogen and oxygen atoms in total. The molecule has 0 bridgehead atoms. The quantitative estimate of drug-likeness (QED) is 0.850. The Bertz CT molecular complexity index is 451. The summed E-state index contributed by atoms with van der Waals surface area (Å²) in [6.07, 6.45) is 0.937. The lowest BCUT2D eigenvalue weighted by atomic mass is 10.1. The first-order valence-electron chi connectivity index (χ1n) is 6.04. The van der Waals surface area contributed by atoms with Crippen molar-refractivity contribution in [2.24, 2.45) is 5.92 Å². The van der Waals surface area contributed by atoms with Gasteiger partial charge in [0, 0.05) is 19.2 Å². The number of aromatic hydroxyl groups is 1. The Morgan fingerprint density at radius 3 is 3.06 bits per heavy atom. The maximum absolute atomic E-state index is 13.6. The Hall–Kier alpha value is -1.62. The van der Waals surface area contributed by atoms with Crippen LogP contribution in [0.1, 0.15) is 16.8 Å². The molecule has 1 unspecified atom stereocenters. The van der Waals surface area contributed by atoms with Gasteiger partial charge in [-0.05, 0) is 38.1 Å². The summed E-state index contributed by atoms with van der Waals surface area (Å²) in [6, 6.07) is 3.63. The first kappa shape index (κ1) is 12.8. The number of phenolic OH excluding ortho intramolecular Hbond substituents is 1. The van der Waals surface area contributed by atoms with Gasteiger partial charge in [0.05, 0.1) is 5.56 Å². The fraction of sp³-hybridized carbons (Fsp3) is 0.462. The Morgan fingerprint density at radius 1 is 1.61 bits per heavy atom. The van der Waals surface area contributed by atoms with Crippen LogP contribution in [0.25, 0.3) is 0 Å². The second-order valence-corrected chi connectivity index (χ2v) is 4.63. The number of carbonyl (C=O) groups is 1. The van der Waals surface area contributed by atoms with Crippen molar-refractivity contribution in [3.05, 3.63) is 29.6 Å². The predicted molar refractivity (Wildman–Crippen MR) is 66.0 cm³/mol. The van der Waals surface area contributed by atoms with Gasteiger partial charge in [0.15, 0.2) is 0 Å². The Kier molecular flexibility index (Phi) is 3.81. The molecule has 0 aliphatic carbocycles. The van der Waals surface area contributed by atoms with Crippen molar-refractivity contribution in [2.75, 3.05) is 26.7 Å². The Labute approximate surface area is 105 Å². The molecule has 1 atom stereocenters. The number of rotatable bonds is 3. The summed E-state index contributed by atoms with van der Waals surface area (Å²) in [7, 11) is 1.88. The highest BCUT2D eigenvalue weighted by Crippen LogP contribution is 2.21. The Balaban J connectivity index is 2.08. The fourth-order valence-electron chi connectivity index (χ4n) is 2.32. The second-order valence-electron chi connectivity index (χ2n) is 4.63. The largest absolute Gasteiger partial charge is 0.508 e. The van der Waals surface area contributed by atoms with Crippen LogP contribution in [0, 0.1) is 11.7 Å². The third-order valence-corrected chi connectivity index (χ3v) is 3.25. The van der Waals surface area contributed by atoms with Gasteiger partial charge in [-0.3, -0.25) is 4.79 Å². The third kappa shape index (κ3) is 2.61. The number of carbonyl (C=O) groups excluding carboxylic acids is 1. The summed E-state index contributed by atoms with van der Waals surface area (Å²) >= 11 is 0. The van der Waals surface area contributed by atoms with Crippen molar-refractivity contribution in [3.8, 4) is 5.75 Å². The zero-order valence-electron chi connectivity index (χ0n) is 10.3. The smallest absolute Gasteiger partial charge is 0.256 e. The van der Waals surface area contributed by atoms with Crippen molar-refractivity contribution in [3.63, 3.8) is 0 Å². The van der Waals surface area contributed by atoms with Crippen LogP contribution in [0.15, 0.2) is 18.2 Å². The van der Waals surface area contributed by atoms with Crippen LogP contribution >= 0.6 is 0 Å². The molecule has 18 heavy (non-hydrogen) atoms. The molecule has 0 radical (unpaired) electrons. The summed E-state index contributed by atoms with van der Waals surface area (Å²) in [5.41, 5.74) is 0.0258. The normalized spacial score (nSPS) is 19.2. The molecular formula is C13H17FN2O2. The highest BCUT2D eigenvalue weighted by molar-refractivity contribution is 5.94. The molecule has 2 N–H and O–H groups in total. The van der Waals surface area contributed by atoms with Gasteiger partial charge in [-0.25, -0.2) is 4.39 Å². The van der Waals surface area contributed by atoms with Crippen LogP contribution in [0.5, 0.6) is 5.75 Å². The summed E-state index contributed by atoms with van der Waals surface area (Å²) in [5.74, 6) is -0.708. The summed E-state index contributed by atoms with van der Waals surface area (Å²) in [6.45, 7) is 2.17. The van der Waals surface area contributed by atoms with Crippen LogP contribution in [0.4, 0.5) is 4.39 Å². The maximum Gasteiger partial charge on any atom is 0.256 e.